The summed E-state index contributed by atoms with van der Waals surface area (Å²) in [5.41, 5.74) is 2.87. The van der Waals surface area contributed by atoms with Crippen LogP contribution in [0.2, 0.25) is 0 Å². The lowest BCUT2D eigenvalue weighted by molar-refractivity contribution is 0.294. The quantitative estimate of drug-likeness (QED) is 0.833. The first-order chi connectivity index (χ1) is 8.35. The van der Waals surface area contributed by atoms with Crippen LogP contribution in [0.4, 0.5) is 0 Å². The molecule has 1 atom stereocenters. The first kappa shape index (κ1) is 12.6. The van der Waals surface area contributed by atoms with Gasteiger partial charge in [0.2, 0.25) is 0 Å². The van der Waals surface area contributed by atoms with Crippen LogP contribution >= 0.6 is 0 Å². The molecule has 1 aromatic rings. The van der Waals surface area contributed by atoms with Crippen molar-refractivity contribution in [3.63, 3.8) is 0 Å². The lowest BCUT2D eigenvalue weighted by atomic mass is 9.86. The fourth-order valence-electron chi connectivity index (χ4n) is 2.81. The molecule has 1 unspecified atom stereocenters. The van der Waals surface area contributed by atoms with Gasteiger partial charge in [0.1, 0.15) is 0 Å². The van der Waals surface area contributed by atoms with Crippen molar-refractivity contribution in [3.05, 3.63) is 35.4 Å². The molecule has 0 saturated carbocycles. The van der Waals surface area contributed by atoms with Gasteiger partial charge in [-0.25, -0.2) is 0 Å². The van der Waals surface area contributed by atoms with Gasteiger partial charge in [-0.1, -0.05) is 31.2 Å². The summed E-state index contributed by atoms with van der Waals surface area (Å²) >= 11 is 0. The zero-order chi connectivity index (χ0) is 12.1. The molecule has 1 aromatic carbocycles. The van der Waals surface area contributed by atoms with Gasteiger partial charge >= 0.3 is 0 Å². The Hall–Kier alpha value is -0.860. The maximum Gasteiger partial charge on any atom is 0.0347 e. The van der Waals surface area contributed by atoms with Crippen LogP contribution in [0.15, 0.2) is 24.3 Å². The Morgan fingerprint density at radius 2 is 1.88 bits per heavy atom. The maximum atomic E-state index is 3.50. The first-order valence-corrected chi connectivity index (χ1v) is 6.82. The number of nitrogens with one attached hydrogen (secondary N) is 2. The van der Waals surface area contributed by atoms with Gasteiger partial charge in [-0.15, -0.1) is 0 Å². The lowest BCUT2D eigenvalue weighted by Crippen LogP contribution is -2.35. The van der Waals surface area contributed by atoms with Gasteiger partial charge in [0.15, 0.2) is 0 Å². The minimum atomic E-state index is 0.517. The van der Waals surface area contributed by atoms with Crippen molar-refractivity contribution in [1.29, 1.82) is 0 Å². The second-order valence-corrected chi connectivity index (χ2v) is 4.95. The molecule has 1 fully saturated rings. The second kappa shape index (κ2) is 6.18. The molecule has 2 rings (SSSR count). The van der Waals surface area contributed by atoms with Gasteiger partial charge in [0.25, 0.3) is 0 Å². The summed E-state index contributed by atoms with van der Waals surface area (Å²) < 4.78 is 0. The molecular weight excluding hydrogens is 208 g/mol. The predicted octanol–water partition coefficient (Wildman–Crippen LogP) is 2.51. The highest BCUT2D eigenvalue weighted by molar-refractivity contribution is 5.25. The van der Waals surface area contributed by atoms with E-state index in [0.717, 1.165) is 25.4 Å². The van der Waals surface area contributed by atoms with Crippen molar-refractivity contribution in [3.8, 4) is 0 Å². The average Bonchev–Trinajstić information content (AvgIpc) is 2.42. The molecule has 2 heteroatoms. The predicted molar refractivity (Wildman–Crippen MR) is 73.2 cm³/mol. The first-order valence-electron chi connectivity index (χ1n) is 6.82. The molecule has 1 aliphatic heterocycles. The van der Waals surface area contributed by atoms with Crippen molar-refractivity contribution < 1.29 is 0 Å². The fraction of sp³-hybridized carbons (Fsp3) is 0.600. The topological polar surface area (TPSA) is 24.1 Å². The fourth-order valence-corrected chi connectivity index (χ4v) is 2.81. The van der Waals surface area contributed by atoms with Crippen LogP contribution in [0.3, 0.4) is 0 Å². The minimum absolute atomic E-state index is 0.517. The molecule has 0 bridgehead atoms. The van der Waals surface area contributed by atoms with Gasteiger partial charge < -0.3 is 10.6 Å². The Bertz CT molecular complexity index is 325. The second-order valence-electron chi connectivity index (χ2n) is 4.95. The number of piperidine rings is 1. The van der Waals surface area contributed by atoms with E-state index in [9.17, 15) is 0 Å². The Morgan fingerprint density at radius 1 is 1.24 bits per heavy atom. The number of rotatable bonds is 4. The van der Waals surface area contributed by atoms with Crippen LogP contribution < -0.4 is 10.6 Å². The Kier molecular flexibility index (Phi) is 4.57. The summed E-state index contributed by atoms with van der Waals surface area (Å²) in [4.78, 5) is 0. The van der Waals surface area contributed by atoms with Crippen LogP contribution in [0, 0.1) is 5.92 Å². The van der Waals surface area contributed by atoms with Crippen molar-refractivity contribution in [2.75, 3.05) is 20.1 Å². The van der Waals surface area contributed by atoms with Crippen LogP contribution in [-0.4, -0.2) is 20.1 Å². The smallest absolute Gasteiger partial charge is 0.0347 e. The van der Waals surface area contributed by atoms with Gasteiger partial charge in [-0.05, 0) is 56.4 Å². The van der Waals surface area contributed by atoms with Gasteiger partial charge in [0, 0.05) is 6.04 Å². The average molecular weight is 232 g/mol. The van der Waals surface area contributed by atoms with Crippen molar-refractivity contribution in [1.82, 2.24) is 10.6 Å². The summed E-state index contributed by atoms with van der Waals surface area (Å²) in [5.74, 6) is 0.772. The number of aryl methyl sites for hydroxylation is 1. The van der Waals surface area contributed by atoms with E-state index in [1.165, 1.54) is 24.0 Å². The summed E-state index contributed by atoms with van der Waals surface area (Å²) in [7, 11) is 2.08. The van der Waals surface area contributed by atoms with E-state index in [1.807, 2.05) is 0 Å². The third-order valence-electron chi connectivity index (χ3n) is 3.91. The van der Waals surface area contributed by atoms with E-state index in [-0.39, 0.29) is 0 Å². The summed E-state index contributed by atoms with van der Waals surface area (Å²) in [5, 5.41) is 6.93. The van der Waals surface area contributed by atoms with Crippen LogP contribution in [0.25, 0.3) is 0 Å². The van der Waals surface area contributed by atoms with Crippen LogP contribution in [0.5, 0.6) is 0 Å². The zero-order valence-corrected chi connectivity index (χ0v) is 11.0. The molecule has 1 heterocycles. The normalized spacial score (nSPS) is 19.2. The molecule has 1 aliphatic rings. The molecule has 0 spiro atoms. The van der Waals surface area contributed by atoms with E-state index < -0.39 is 0 Å². The molecule has 1 saturated heterocycles. The van der Waals surface area contributed by atoms with Gasteiger partial charge in [-0.2, -0.15) is 0 Å². The highest BCUT2D eigenvalue weighted by Gasteiger charge is 2.23. The highest BCUT2D eigenvalue weighted by atomic mass is 14.9. The van der Waals surface area contributed by atoms with E-state index in [1.54, 1.807) is 0 Å². The molecular formula is C15H24N2. The van der Waals surface area contributed by atoms with Gasteiger partial charge in [-0.3, -0.25) is 0 Å². The molecule has 94 valence electrons. The van der Waals surface area contributed by atoms with Crippen molar-refractivity contribution in [2.24, 2.45) is 5.92 Å². The summed E-state index contributed by atoms with van der Waals surface area (Å²) in [6.07, 6.45) is 3.68. The van der Waals surface area contributed by atoms with E-state index in [4.69, 9.17) is 0 Å². The lowest BCUT2D eigenvalue weighted by Gasteiger charge is -2.31. The third-order valence-corrected chi connectivity index (χ3v) is 3.91. The molecule has 0 radical (unpaired) electrons. The van der Waals surface area contributed by atoms with E-state index in [0.29, 0.717) is 6.04 Å². The Morgan fingerprint density at radius 3 is 2.41 bits per heavy atom. The van der Waals surface area contributed by atoms with Crippen LogP contribution in [-0.2, 0) is 6.42 Å². The van der Waals surface area contributed by atoms with E-state index >= 15 is 0 Å². The third kappa shape index (κ3) is 3.08. The number of benzene rings is 1. The van der Waals surface area contributed by atoms with Crippen LogP contribution in [0.1, 0.15) is 36.9 Å². The number of hydrogen-bond donors (Lipinski definition) is 2. The molecule has 0 amide bonds. The summed E-state index contributed by atoms with van der Waals surface area (Å²) in [6.45, 7) is 4.53. The molecule has 0 aromatic heterocycles. The molecule has 0 aliphatic carbocycles. The largest absolute Gasteiger partial charge is 0.317 e. The van der Waals surface area contributed by atoms with Crippen molar-refractivity contribution in [2.45, 2.75) is 32.2 Å². The molecule has 17 heavy (non-hydrogen) atoms. The molecule has 2 nitrogen and oxygen atoms in total. The van der Waals surface area contributed by atoms with Gasteiger partial charge in [0.05, 0.1) is 0 Å². The maximum absolute atomic E-state index is 3.50. The SMILES string of the molecule is CCc1ccc(C(NC)C2CCNCC2)cc1. The number of hydrogen-bond acceptors (Lipinski definition) is 2. The minimum Gasteiger partial charge on any atom is -0.317 e. The monoisotopic (exact) mass is 232 g/mol. The Labute approximate surface area is 105 Å². The van der Waals surface area contributed by atoms with Crippen molar-refractivity contribution >= 4 is 0 Å². The Balaban J connectivity index is 2.10. The summed E-state index contributed by atoms with van der Waals surface area (Å²) in [6, 6.07) is 9.63. The molecule has 2 N–H and O–H groups in total. The standard InChI is InChI=1S/C15H24N2/c1-3-12-4-6-13(7-5-12)15(16-2)14-8-10-17-11-9-14/h4-7,14-17H,3,8-11H2,1-2H3. The zero-order valence-electron chi connectivity index (χ0n) is 11.0. The highest BCUT2D eigenvalue weighted by Crippen LogP contribution is 2.28. The van der Waals surface area contributed by atoms with E-state index in [2.05, 4.69) is 48.9 Å².